The van der Waals surface area contributed by atoms with Crippen molar-refractivity contribution in [1.29, 1.82) is 0 Å². The molecule has 3 amide bonds. The molecule has 2 saturated heterocycles. The normalized spacial score (nSPS) is 22.6. The van der Waals surface area contributed by atoms with Gasteiger partial charge in [-0.1, -0.05) is 13.0 Å². The van der Waals surface area contributed by atoms with Crippen LogP contribution in [0.25, 0.3) is 0 Å². The summed E-state index contributed by atoms with van der Waals surface area (Å²) in [4.78, 5) is 49.7. The summed E-state index contributed by atoms with van der Waals surface area (Å²) in [7, 11) is 0. The first-order valence-electron chi connectivity index (χ1n) is 11.9. The molecule has 2 fully saturated rings. The highest BCUT2D eigenvalue weighted by molar-refractivity contribution is 7.09. The Morgan fingerprint density at radius 1 is 1.12 bits per heavy atom. The molecule has 33 heavy (non-hydrogen) atoms. The van der Waals surface area contributed by atoms with E-state index < -0.39 is 6.04 Å². The molecule has 0 spiro atoms. The summed E-state index contributed by atoms with van der Waals surface area (Å²) in [6.07, 6.45) is 5.59. The van der Waals surface area contributed by atoms with E-state index in [-0.39, 0.29) is 23.6 Å². The van der Waals surface area contributed by atoms with E-state index in [4.69, 9.17) is 0 Å². The van der Waals surface area contributed by atoms with E-state index >= 15 is 0 Å². The summed E-state index contributed by atoms with van der Waals surface area (Å²) in [5.41, 5.74) is 1.68. The monoisotopic (exact) mass is 466 g/mol. The molecule has 7 nitrogen and oxygen atoms in total. The fourth-order valence-corrected chi connectivity index (χ4v) is 6.02. The van der Waals surface area contributed by atoms with Gasteiger partial charge in [0.05, 0.1) is 28.8 Å². The number of anilines is 1. The third kappa shape index (κ3) is 3.94. The summed E-state index contributed by atoms with van der Waals surface area (Å²) in [6, 6.07) is 5.07. The summed E-state index contributed by atoms with van der Waals surface area (Å²) < 4.78 is 0. The Balaban J connectivity index is 1.38. The maximum Gasteiger partial charge on any atom is 0.264 e. The van der Waals surface area contributed by atoms with Crippen LogP contribution in [0.2, 0.25) is 0 Å². The average molecular weight is 467 g/mol. The second kappa shape index (κ2) is 8.89. The fourth-order valence-electron chi connectivity index (χ4n) is 5.34. The first kappa shape index (κ1) is 22.1. The number of benzene rings is 1. The lowest BCUT2D eigenvalue weighted by Crippen LogP contribution is -2.47. The highest BCUT2D eigenvalue weighted by atomic mass is 32.1. The zero-order valence-corrected chi connectivity index (χ0v) is 20.0. The molecule has 0 saturated carbocycles. The zero-order valence-electron chi connectivity index (χ0n) is 19.2. The minimum absolute atomic E-state index is 0.0689. The maximum atomic E-state index is 13.5. The lowest BCUT2D eigenvalue weighted by atomic mass is 9.92. The summed E-state index contributed by atoms with van der Waals surface area (Å²) >= 11 is 1.44. The number of piperidine rings is 2. The number of likely N-dealkylation sites (tertiary alicyclic amines) is 1. The van der Waals surface area contributed by atoms with E-state index in [1.807, 2.05) is 29.3 Å². The first-order chi connectivity index (χ1) is 16.0. The van der Waals surface area contributed by atoms with Gasteiger partial charge in [0.25, 0.3) is 11.8 Å². The van der Waals surface area contributed by atoms with Crippen LogP contribution in [0.1, 0.15) is 71.3 Å². The maximum absolute atomic E-state index is 13.5. The number of aromatic nitrogens is 1. The molecule has 3 aliphatic rings. The van der Waals surface area contributed by atoms with Crippen LogP contribution in [0.5, 0.6) is 0 Å². The third-order valence-corrected chi connectivity index (χ3v) is 8.27. The number of thiazole rings is 1. The van der Waals surface area contributed by atoms with Crippen LogP contribution in [-0.4, -0.2) is 58.7 Å². The molecule has 5 rings (SSSR count). The van der Waals surface area contributed by atoms with Gasteiger partial charge in [-0.3, -0.25) is 19.3 Å². The zero-order chi connectivity index (χ0) is 23.1. The molecule has 0 N–H and O–H groups in total. The number of rotatable bonds is 4. The van der Waals surface area contributed by atoms with Crippen molar-refractivity contribution in [3.05, 3.63) is 45.9 Å². The number of carbonyl (C=O) groups is 3. The number of imide groups is 1. The van der Waals surface area contributed by atoms with Gasteiger partial charge >= 0.3 is 0 Å². The summed E-state index contributed by atoms with van der Waals surface area (Å²) in [5, 5.41) is 2.59. The van der Waals surface area contributed by atoms with Gasteiger partial charge in [-0.25, -0.2) is 4.98 Å². The van der Waals surface area contributed by atoms with Crippen LogP contribution >= 0.6 is 11.3 Å². The minimum atomic E-state index is -0.414. The molecular formula is C25H30N4O3S. The SMILES string of the molecule is CC1CCN(C(=O)[C@H]2CCCN(c3cccc4c3C(=O)N([C@H](C)c3nccs3)C4=O)C2)CC1. The smallest absolute Gasteiger partial charge is 0.264 e. The van der Waals surface area contributed by atoms with Gasteiger partial charge in [0, 0.05) is 37.8 Å². The van der Waals surface area contributed by atoms with Crippen LogP contribution in [0.3, 0.4) is 0 Å². The lowest BCUT2D eigenvalue weighted by Gasteiger charge is -2.38. The van der Waals surface area contributed by atoms with Crippen molar-refractivity contribution in [2.75, 3.05) is 31.1 Å². The highest BCUT2D eigenvalue weighted by Crippen LogP contribution is 2.38. The number of nitrogens with zero attached hydrogens (tertiary/aromatic N) is 4. The van der Waals surface area contributed by atoms with E-state index in [0.29, 0.717) is 23.6 Å². The van der Waals surface area contributed by atoms with Crippen molar-refractivity contribution in [2.45, 2.75) is 45.6 Å². The molecule has 1 aromatic heterocycles. The van der Waals surface area contributed by atoms with Crippen molar-refractivity contribution in [1.82, 2.24) is 14.8 Å². The minimum Gasteiger partial charge on any atom is -0.370 e. The standard InChI is InChI=1S/C25H30N4O3S/c1-16-8-12-27(13-9-16)23(30)18-5-4-11-28(15-18)20-7-3-6-19-21(20)25(32)29(24(19)31)17(2)22-26-10-14-33-22/h3,6-7,10,14,16-18H,4-5,8-9,11-13,15H2,1-2H3/t17-,18+/m1/s1. The van der Waals surface area contributed by atoms with Crippen LogP contribution in [0, 0.1) is 11.8 Å². The lowest BCUT2D eigenvalue weighted by molar-refractivity contribution is -0.137. The second-order valence-corrected chi connectivity index (χ2v) is 10.4. The number of fused-ring (bicyclic) bond motifs is 1. The van der Waals surface area contributed by atoms with E-state index in [0.717, 1.165) is 56.0 Å². The van der Waals surface area contributed by atoms with Gasteiger partial charge in [-0.15, -0.1) is 11.3 Å². The van der Waals surface area contributed by atoms with E-state index in [1.54, 1.807) is 12.3 Å². The quantitative estimate of drug-likeness (QED) is 0.638. The fraction of sp³-hybridized carbons (Fsp3) is 0.520. The van der Waals surface area contributed by atoms with Crippen LogP contribution < -0.4 is 4.90 Å². The Kier molecular flexibility index (Phi) is 5.95. The van der Waals surface area contributed by atoms with Crippen LogP contribution in [0.4, 0.5) is 5.69 Å². The predicted molar refractivity (Wildman–Crippen MR) is 127 cm³/mol. The Labute approximate surface area is 198 Å². The Morgan fingerprint density at radius 3 is 2.64 bits per heavy atom. The van der Waals surface area contributed by atoms with Gasteiger partial charge < -0.3 is 9.80 Å². The van der Waals surface area contributed by atoms with Crippen molar-refractivity contribution in [3.63, 3.8) is 0 Å². The first-order valence-corrected chi connectivity index (χ1v) is 12.8. The molecule has 0 bridgehead atoms. The Bertz CT molecular complexity index is 1060. The molecule has 0 unspecified atom stereocenters. The molecule has 4 heterocycles. The van der Waals surface area contributed by atoms with E-state index in [2.05, 4.69) is 16.8 Å². The van der Waals surface area contributed by atoms with Gasteiger partial charge in [-0.2, -0.15) is 0 Å². The second-order valence-electron chi connectivity index (χ2n) is 9.52. The predicted octanol–water partition coefficient (Wildman–Crippen LogP) is 3.98. The molecule has 2 aromatic rings. The number of amides is 3. The average Bonchev–Trinajstić information content (AvgIpc) is 3.46. The van der Waals surface area contributed by atoms with Crippen molar-refractivity contribution >= 4 is 34.7 Å². The van der Waals surface area contributed by atoms with E-state index in [9.17, 15) is 14.4 Å². The largest absolute Gasteiger partial charge is 0.370 e. The van der Waals surface area contributed by atoms with Crippen molar-refractivity contribution < 1.29 is 14.4 Å². The highest BCUT2D eigenvalue weighted by Gasteiger charge is 2.42. The number of carbonyl (C=O) groups excluding carboxylic acids is 3. The van der Waals surface area contributed by atoms with Gasteiger partial charge in [-0.05, 0) is 50.7 Å². The van der Waals surface area contributed by atoms with E-state index in [1.165, 1.54) is 16.2 Å². The van der Waals surface area contributed by atoms with Crippen molar-refractivity contribution in [2.24, 2.45) is 11.8 Å². The molecule has 8 heteroatoms. The van der Waals surface area contributed by atoms with Gasteiger partial charge in [0.15, 0.2) is 0 Å². The van der Waals surface area contributed by atoms with Crippen LogP contribution in [-0.2, 0) is 4.79 Å². The summed E-state index contributed by atoms with van der Waals surface area (Å²) in [5.74, 6) is 0.307. The molecule has 174 valence electrons. The summed E-state index contributed by atoms with van der Waals surface area (Å²) in [6.45, 7) is 7.14. The Hall–Kier alpha value is -2.74. The topological polar surface area (TPSA) is 73.8 Å². The number of hydrogen-bond donors (Lipinski definition) is 0. The van der Waals surface area contributed by atoms with Crippen molar-refractivity contribution in [3.8, 4) is 0 Å². The molecule has 0 aliphatic carbocycles. The number of hydrogen-bond acceptors (Lipinski definition) is 6. The molecule has 0 radical (unpaired) electrons. The molecule has 1 aromatic carbocycles. The van der Waals surface area contributed by atoms with Gasteiger partial charge in [0.1, 0.15) is 5.01 Å². The molecular weight excluding hydrogens is 436 g/mol. The van der Waals surface area contributed by atoms with Crippen LogP contribution in [0.15, 0.2) is 29.8 Å². The Morgan fingerprint density at radius 2 is 1.91 bits per heavy atom. The molecule has 3 aliphatic heterocycles. The third-order valence-electron chi connectivity index (χ3n) is 7.33. The van der Waals surface area contributed by atoms with Gasteiger partial charge in [0.2, 0.25) is 5.91 Å². The molecule has 2 atom stereocenters.